The van der Waals surface area contributed by atoms with Crippen molar-refractivity contribution in [1.29, 1.82) is 0 Å². The Morgan fingerprint density at radius 1 is 1.28 bits per heavy atom. The van der Waals surface area contributed by atoms with Crippen LogP contribution in [0.3, 0.4) is 0 Å². The normalized spacial score (nSPS) is 19.6. The summed E-state index contributed by atoms with van der Waals surface area (Å²) in [5.74, 6) is 0.752. The van der Waals surface area contributed by atoms with Gasteiger partial charge in [-0.15, -0.1) is 0 Å². The van der Waals surface area contributed by atoms with Gasteiger partial charge in [0.15, 0.2) is 0 Å². The minimum Gasteiger partial charge on any atom is -0.371 e. The molecule has 1 atom stereocenters. The smallest absolute Gasteiger partial charge is 0.0722 e. The summed E-state index contributed by atoms with van der Waals surface area (Å²) in [5.41, 5.74) is 8.05. The summed E-state index contributed by atoms with van der Waals surface area (Å²) in [5, 5.41) is 1.26. The molecule has 1 saturated heterocycles. The van der Waals surface area contributed by atoms with Gasteiger partial charge < -0.3 is 10.6 Å². The zero-order valence-corrected chi connectivity index (χ0v) is 10.5. The Kier molecular flexibility index (Phi) is 3.15. The van der Waals surface area contributed by atoms with Crippen LogP contribution < -0.4 is 10.6 Å². The number of rotatable bonds is 3. The molecule has 0 spiro atoms. The maximum atomic E-state index is 5.65. The highest BCUT2D eigenvalue weighted by Crippen LogP contribution is 2.30. The zero-order valence-electron chi connectivity index (χ0n) is 10.5. The van der Waals surface area contributed by atoms with Crippen LogP contribution in [0.4, 0.5) is 5.69 Å². The summed E-state index contributed by atoms with van der Waals surface area (Å²) in [7, 11) is 0. The highest BCUT2D eigenvalue weighted by atomic mass is 15.2. The first kappa shape index (κ1) is 11.5. The molecule has 1 aromatic carbocycles. The van der Waals surface area contributed by atoms with Crippen molar-refractivity contribution in [3.05, 3.63) is 36.5 Å². The fourth-order valence-electron chi connectivity index (χ4n) is 2.88. The molecule has 0 bridgehead atoms. The van der Waals surface area contributed by atoms with Crippen molar-refractivity contribution in [2.24, 2.45) is 11.7 Å². The lowest BCUT2D eigenvalue weighted by Crippen LogP contribution is -2.20. The maximum absolute atomic E-state index is 5.65. The van der Waals surface area contributed by atoms with Crippen molar-refractivity contribution in [3.8, 4) is 0 Å². The molecule has 94 valence electrons. The number of aromatic nitrogens is 1. The van der Waals surface area contributed by atoms with Crippen molar-refractivity contribution in [2.75, 3.05) is 24.5 Å². The van der Waals surface area contributed by atoms with E-state index >= 15 is 0 Å². The Hall–Kier alpha value is -1.61. The molecule has 0 aliphatic carbocycles. The van der Waals surface area contributed by atoms with Gasteiger partial charge in [-0.05, 0) is 37.4 Å². The third-order valence-electron chi connectivity index (χ3n) is 3.83. The lowest BCUT2D eigenvalue weighted by atomic mass is 10.1. The fourth-order valence-corrected chi connectivity index (χ4v) is 2.88. The van der Waals surface area contributed by atoms with Crippen molar-refractivity contribution in [2.45, 2.75) is 12.8 Å². The molecule has 0 saturated carbocycles. The summed E-state index contributed by atoms with van der Waals surface area (Å²) >= 11 is 0. The number of fused-ring (bicyclic) bond motifs is 1. The predicted octanol–water partition coefficient (Wildman–Crippen LogP) is 2.41. The standard InChI is InChI=1S/C15H19N3/c16-8-5-12-7-10-18(11-12)15-6-9-17-14-4-2-1-3-13(14)15/h1-4,6,9,12H,5,7-8,10-11,16H2. The van der Waals surface area contributed by atoms with Gasteiger partial charge in [0.2, 0.25) is 0 Å². The molecule has 3 rings (SSSR count). The predicted molar refractivity (Wildman–Crippen MR) is 75.7 cm³/mol. The van der Waals surface area contributed by atoms with E-state index in [9.17, 15) is 0 Å². The Morgan fingerprint density at radius 2 is 2.17 bits per heavy atom. The molecule has 1 aromatic heterocycles. The number of nitrogens with zero attached hydrogens (tertiary/aromatic N) is 2. The summed E-state index contributed by atoms with van der Waals surface area (Å²) in [6, 6.07) is 10.5. The summed E-state index contributed by atoms with van der Waals surface area (Å²) in [6.07, 6.45) is 4.31. The van der Waals surface area contributed by atoms with Crippen LogP contribution in [0.5, 0.6) is 0 Å². The van der Waals surface area contributed by atoms with Gasteiger partial charge in [0.25, 0.3) is 0 Å². The SMILES string of the molecule is NCCC1CCN(c2ccnc3ccccc23)C1. The van der Waals surface area contributed by atoms with E-state index in [4.69, 9.17) is 5.73 Å². The molecule has 1 unspecified atom stereocenters. The topological polar surface area (TPSA) is 42.1 Å². The van der Waals surface area contributed by atoms with E-state index in [1.165, 1.54) is 17.5 Å². The van der Waals surface area contributed by atoms with Gasteiger partial charge in [-0.25, -0.2) is 0 Å². The number of hydrogen-bond donors (Lipinski definition) is 1. The van der Waals surface area contributed by atoms with Crippen LogP contribution in [0.2, 0.25) is 0 Å². The van der Waals surface area contributed by atoms with Crippen molar-refractivity contribution in [3.63, 3.8) is 0 Å². The maximum Gasteiger partial charge on any atom is 0.0722 e. The molecular weight excluding hydrogens is 222 g/mol. The molecule has 2 aromatic rings. The van der Waals surface area contributed by atoms with E-state index in [-0.39, 0.29) is 0 Å². The first-order valence-electron chi connectivity index (χ1n) is 6.67. The average molecular weight is 241 g/mol. The number of para-hydroxylation sites is 1. The van der Waals surface area contributed by atoms with E-state index in [1.807, 2.05) is 12.3 Å². The van der Waals surface area contributed by atoms with Gasteiger partial charge in [-0.2, -0.15) is 0 Å². The molecule has 3 heteroatoms. The van der Waals surface area contributed by atoms with Gasteiger partial charge in [0, 0.05) is 30.4 Å². The van der Waals surface area contributed by atoms with Crippen molar-refractivity contribution < 1.29 is 0 Å². The lowest BCUT2D eigenvalue weighted by Gasteiger charge is -2.20. The highest BCUT2D eigenvalue weighted by molar-refractivity contribution is 5.91. The Morgan fingerprint density at radius 3 is 3.06 bits per heavy atom. The molecule has 0 radical (unpaired) electrons. The summed E-state index contributed by atoms with van der Waals surface area (Å²) in [4.78, 5) is 6.90. The first-order valence-corrected chi connectivity index (χ1v) is 6.67. The second-order valence-electron chi connectivity index (χ2n) is 5.03. The van der Waals surface area contributed by atoms with Gasteiger partial charge in [0.1, 0.15) is 0 Å². The van der Waals surface area contributed by atoms with Gasteiger partial charge in [-0.3, -0.25) is 4.98 Å². The van der Waals surface area contributed by atoms with Crippen molar-refractivity contribution >= 4 is 16.6 Å². The molecular formula is C15H19N3. The second-order valence-corrected chi connectivity index (χ2v) is 5.03. The molecule has 1 fully saturated rings. The number of hydrogen-bond acceptors (Lipinski definition) is 3. The molecule has 2 heterocycles. The van der Waals surface area contributed by atoms with Gasteiger partial charge in [0.05, 0.1) is 5.52 Å². The third kappa shape index (κ3) is 2.06. The third-order valence-corrected chi connectivity index (χ3v) is 3.83. The van der Waals surface area contributed by atoms with Crippen LogP contribution in [0.1, 0.15) is 12.8 Å². The van der Waals surface area contributed by atoms with Crippen molar-refractivity contribution in [1.82, 2.24) is 4.98 Å². The van der Waals surface area contributed by atoms with E-state index in [0.717, 1.165) is 37.5 Å². The van der Waals surface area contributed by atoms with E-state index < -0.39 is 0 Å². The Balaban J connectivity index is 1.91. The summed E-state index contributed by atoms with van der Waals surface area (Å²) in [6.45, 7) is 3.07. The largest absolute Gasteiger partial charge is 0.371 e. The van der Waals surface area contributed by atoms with Crippen LogP contribution in [-0.4, -0.2) is 24.6 Å². The fraction of sp³-hybridized carbons (Fsp3) is 0.400. The molecule has 1 aliphatic heterocycles. The number of pyridine rings is 1. The lowest BCUT2D eigenvalue weighted by molar-refractivity contribution is 0.546. The minimum absolute atomic E-state index is 0.752. The van der Waals surface area contributed by atoms with E-state index in [2.05, 4.69) is 34.1 Å². The highest BCUT2D eigenvalue weighted by Gasteiger charge is 2.23. The monoisotopic (exact) mass is 241 g/mol. The van der Waals surface area contributed by atoms with Crippen LogP contribution in [0.15, 0.2) is 36.5 Å². The van der Waals surface area contributed by atoms with Crippen LogP contribution in [0.25, 0.3) is 10.9 Å². The van der Waals surface area contributed by atoms with Crippen LogP contribution in [0, 0.1) is 5.92 Å². The molecule has 1 aliphatic rings. The first-order chi connectivity index (χ1) is 8.88. The minimum atomic E-state index is 0.752. The van der Waals surface area contributed by atoms with Crippen LogP contribution >= 0.6 is 0 Å². The van der Waals surface area contributed by atoms with Gasteiger partial charge in [-0.1, -0.05) is 18.2 Å². The summed E-state index contributed by atoms with van der Waals surface area (Å²) < 4.78 is 0. The molecule has 0 amide bonds. The zero-order chi connectivity index (χ0) is 12.4. The number of anilines is 1. The Bertz CT molecular complexity index is 533. The van der Waals surface area contributed by atoms with Crippen LogP contribution in [-0.2, 0) is 0 Å². The average Bonchev–Trinajstić information content (AvgIpc) is 2.87. The molecule has 18 heavy (non-hydrogen) atoms. The Labute approximate surface area is 108 Å². The quantitative estimate of drug-likeness (QED) is 0.897. The number of benzene rings is 1. The molecule has 2 N–H and O–H groups in total. The molecule has 3 nitrogen and oxygen atoms in total. The number of nitrogens with two attached hydrogens (primary N) is 1. The van der Waals surface area contributed by atoms with E-state index in [1.54, 1.807) is 0 Å². The van der Waals surface area contributed by atoms with E-state index in [0.29, 0.717) is 0 Å². The second kappa shape index (κ2) is 4.94. The van der Waals surface area contributed by atoms with Gasteiger partial charge >= 0.3 is 0 Å².